The van der Waals surface area contributed by atoms with E-state index in [0.717, 1.165) is 68.6 Å². The summed E-state index contributed by atoms with van der Waals surface area (Å²) in [6, 6.07) is 12.8. The fourth-order valence-corrected chi connectivity index (χ4v) is 4.76. The Morgan fingerprint density at radius 2 is 1.90 bits per heavy atom. The Morgan fingerprint density at radius 1 is 1.10 bits per heavy atom. The van der Waals surface area contributed by atoms with Crippen LogP contribution in [0.2, 0.25) is 0 Å². The molecule has 31 heavy (non-hydrogen) atoms. The number of nitrogens with zero attached hydrogens (tertiary/aromatic N) is 2. The molecular weight excluding hydrogens is 391 g/mol. The predicted octanol–water partition coefficient (Wildman–Crippen LogP) is 4.34. The molecule has 1 atom stereocenters. The lowest BCUT2D eigenvalue weighted by molar-refractivity contribution is -0.119. The zero-order valence-electron chi connectivity index (χ0n) is 17.8. The summed E-state index contributed by atoms with van der Waals surface area (Å²) in [7, 11) is 0. The second-order valence-electron chi connectivity index (χ2n) is 9.02. The van der Waals surface area contributed by atoms with E-state index in [1.807, 2.05) is 29.2 Å². The van der Waals surface area contributed by atoms with Crippen LogP contribution in [0.25, 0.3) is 5.57 Å². The monoisotopic (exact) mass is 420 g/mol. The molecule has 4 nitrogen and oxygen atoms in total. The van der Waals surface area contributed by atoms with Crippen molar-refractivity contribution in [1.29, 1.82) is 0 Å². The molecule has 1 N–H and O–H groups in total. The Kier molecular flexibility index (Phi) is 5.63. The number of anilines is 1. The molecule has 0 aromatic heterocycles. The van der Waals surface area contributed by atoms with Crippen LogP contribution in [0.15, 0.2) is 48.5 Å². The fraction of sp³-hybridized carbons (Fsp3) is 0.423. The lowest BCUT2D eigenvalue weighted by atomic mass is 9.96. The highest BCUT2D eigenvalue weighted by Gasteiger charge is 2.35. The van der Waals surface area contributed by atoms with E-state index in [2.05, 4.69) is 17.0 Å². The van der Waals surface area contributed by atoms with Crippen molar-refractivity contribution in [3.63, 3.8) is 0 Å². The maximum Gasteiger partial charge on any atom is 0.230 e. The van der Waals surface area contributed by atoms with Gasteiger partial charge in [-0.3, -0.25) is 9.69 Å². The Hall–Kier alpha value is -2.50. The first-order valence-electron chi connectivity index (χ1n) is 11.4. The summed E-state index contributed by atoms with van der Waals surface area (Å²) in [6.45, 7) is 3.03. The molecule has 5 rings (SSSR count). The Bertz CT molecular complexity index is 997. The van der Waals surface area contributed by atoms with Gasteiger partial charge in [-0.2, -0.15) is 0 Å². The number of hydrogen-bond donors (Lipinski definition) is 1. The van der Waals surface area contributed by atoms with Gasteiger partial charge in [-0.15, -0.1) is 0 Å². The van der Waals surface area contributed by atoms with Crippen LogP contribution in [0, 0.1) is 11.7 Å². The highest BCUT2D eigenvalue weighted by molar-refractivity contribution is 5.97. The van der Waals surface area contributed by atoms with E-state index in [9.17, 15) is 14.3 Å². The molecule has 3 aliphatic rings. The van der Waals surface area contributed by atoms with Crippen LogP contribution in [-0.2, 0) is 11.2 Å². The molecule has 0 radical (unpaired) electrons. The number of aliphatic hydroxyl groups is 1. The third-order valence-electron chi connectivity index (χ3n) is 6.74. The molecule has 1 amide bonds. The molecule has 0 unspecified atom stereocenters. The minimum absolute atomic E-state index is 0.213. The van der Waals surface area contributed by atoms with Crippen LogP contribution in [0.5, 0.6) is 0 Å². The summed E-state index contributed by atoms with van der Waals surface area (Å²) >= 11 is 0. The number of aryl methyl sites for hydroxylation is 1. The van der Waals surface area contributed by atoms with E-state index in [0.29, 0.717) is 6.54 Å². The second kappa shape index (κ2) is 8.56. The number of fused-ring (bicyclic) bond motifs is 1. The van der Waals surface area contributed by atoms with Gasteiger partial charge >= 0.3 is 0 Å². The van der Waals surface area contributed by atoms with Crippen molar-refractivity contribution in [3.05, 3.63) is 71.0 Å². The van der Waals surface area contributed by atoms with Crippen molar-refractivity contribution in [1.82, 2.24) is 4.90 Å². The smallest absolute Gasteiger partial charge is 0.230 e. The predicted molar refractivity (Wildman–Crippen MR) is 120 cm³/mol. The average Bonchev–Trinajstić information content (AvgIpc) is 3.64. The van der Waals surface area contributed by atoms with E-state index < -0.39 is 6.10 Å². The zero-order valence-corrected chi connectivity index (χ0v) is 17.8. The number of amides is 1. The number of halogens is 1. The van der Waals surface area contributed by atoms with Crippen molar-refractivity contribution < 1.29 is 14.3 Å². The van der Waals surface area contributed by atoms with E-state index in [1.54, 1.807) is 0 Å². The molecule has 2 heterocycles. The number of β-amino-alcohol motifs (C(OH)–C–C–N with tert-alkyl or cyclic N) is 1. The van der Waals surface area contributed by atoms with Crippen molar-refractivity contribution in [3.8, 4) is 0 Å². The first-order valence-corrected chi connectivity index (χ1v) is 11.4. The molecule has 162 valence electrons. The van der Waals surface area contributed by atoms with Crippen molar-refractivity contribution in [2.24, 2.45) is 5.92 Å². The normalized spacial score (nSPS) is 20.2. The summed E-state index contributed by atoms with van der Waals surface area (Å²) in [5, 5.41) is 10.9. The molecule has 0 bridgehead atoms. The lowest BCUT2D eigenvalue weighted by Gasteiger charge is -2.31. The number of aliphatic hydroxyl groups excluding tert-OH is 1. The fourth-order valence-electron chi connectivity index (χ4n) is 4.76. The molecule has 1 fully saturated rings. The Morgan fingerprint density at radius 3 is 2.61 bits per heavy atom. The molecule has 1 saturated carbocycles. The van der Waals surface area contributed by atoms with Gasteiger partial charge in [0.15, 0.2) is 0 Å². The average molecular weight is 421 g/mol. The number of carbonyl (C=O) groups is 1. The van der Waals surface area contributed by atoms with E-state index >= 15 is 0 Å². The molecule has 2 aliphatic heterocycles. The Labute approximate surface area is 183 Å². The van der Waals surface area contributed by atoms with Gasteiger partial charge in [-0.25, -0.2) is 4.39 Å². The van der Waals surface area contributed by atoms with Crippen molar-refractivity contribution in [2.45, 2.75) is 38.2 Å². The first-order chi connectivity index (χ1) is 15.1. The van der Waals surface area contributed by atoms with Crippen LogP contribution in [0.4, 0.5) is 10.1 Å². The summed E-state index contributed by atoms with van der Waals surface area (Å²) < 4.78 is 13.2. The largest absolute Gasteiger partial charge is 0.387 e. The lowest BCUT2D eigenvalue weighted by Crippen LogP contribution is -2.36. The summed E-state index contributed by atoms with van der Waals surface area (Å²) in [6.07, 6.45) is 6.49. The minimum atomic E-state index is -0.555. The zero-order chi connectivity index (χ0) is 21.4. The maximum absolute atomic E-state index is 13.2. The third kappa shape index (κ3) is 4.43. The SMILES string of the molecule is O=C(C1CC1)N1CCCc2cc([C@@H](O)CN3CC=C(c4ccc(F)cc4)CC3)ccc21. The van der Waals surface area contributed by atoms with Gasteiger partial charge < -0.3 is 10.0 Å². The van der Waals surface area contributed by atoms with Crippen LogP contribution < -0.4 is 4.90 Å². The van der Waals surface area contributed by atoms with Crippen molar-refractivity contribution >= 4 is 17.2 Å². The van der Waals surface area contributed by atoms with E-state index in [1.165, 1.54) is 23.3 Å². The minimum Gasteiger partial charge on any atom is -0.387 e. The molecule has 0 spiro atoms. The summed E-state index contributed by atoms with van der Waals surface area (Å²) in [5.74, 6) is 0.282. The van der Waals surface area contributed by atoms with E-state index in [4.69, 9.17) is 0 Å². The summed E-state index contributed by atoms with van der Waals surface area (Å²) in [4.78, 5) is 16.8. The molecule has 1 aliphatic carbocycles. The van der Waals surface area contributed by atoms with Gasteiger partial charge in [0.05, 0.1) is 6.10 Å². The van der Waals surface area contributed by atoms with Gasteiger partial charge in [0.25, 0.3) is 0 Å². The van der Waals surface area contributed by atoms with Gasteiger partial charge in [-0.05, 0) is 72.6 Å². The number of rotatable bonds is 5. The Balaban J connectivity index is 1.23. The van der Waals surface area contributed by atoms with Crippen LogP contribution >= 0.6 is 0 Å². The van der Waals surface area contributed by atoms with Crippen LogP contribution in [0.3, 0.4) is 0 Å². The molecule has 5 heteroatoms. The molecule has 2 aromatic rings. The maximum atomic E-state index is 13.2. The highest BCUT2D eigenvalue weighted by atomic mass is 19.1. The number of carbonyl (C=O) groups excluding carboxylic acids is 1. The van der Waals surface area contributed by atoms with E-state index in [-0.39, 0.29) is 17.6 Å². The second-order valence-corrected chi connectivity index (χ2v) is 9.02. The van der Waals surface area contributed by atoms with Gasteiger partial charge in [0.1, 0.15) is 5.82 Å². The topological polar surface area (TPSA) is 43.8 Å². The number of benzene rings is 2. The van der Waals surface area contributed by atoms with Crippen LogP contribution in [-0.4, -0.2) is 42.1 Å². The molecule has 0 saturated heterocycles. The summed E-state index contributed by atoms with van der Waals surface area (Å²) in [5.41, 5.74) is 5.44. The highest BCUT2D eigenvalue weighted by Crippen LogP contribution is 2.36. The van der Waals surface area contributed by atoms with Gasteiger partial charge in [0, 0.05) is 37.8 Å². The standard InChI is InChI=1S/C26H29FN2O2/c27-23-8-5-18(6-9-23)19-11-14-28(15-12-19)17-25(30)22-7-10-24-21(16-22)2-1-13-29(24)26(31)20-3-4-20/h5-11,16,20,25,30H,1-4,12-15,17H2/t25-/m0/s1. The molecular formula is C26H29FN2O2. The number of hydrogen-bond acceptors (Lipinski definition) is 3. The van der Waals surface area contributed by atoms with Crippen molar-refractivity contribution in [2.75, 3.05) is 31.1 Å². The quantitative estimate of drug-likeness (QED) is 0.783. The van der Waals surface area contributed by atoms with Crippen LogP contribution in [0.1, 0.15) is 48.5 Å². The van der Waals surface area contributed by atoms with Gasteiger partial charge in [-0.1, -0.05) is 30.3 Å². The van der Waals surface area contributed by atoms with Gasteiger partial charge in [0.2, 0.25) is 5.91 Å². The molecule has 2 aromatic carbocycles. The first kappa shape index (κ1) is 20.4. The third-order valence-corrected chi connectivity index (χ3v) is 6.74.